The molecule has 0 saturated carbocycles. The van der Waals surface area contributed by atoms with E-state index in [4.69, 9.17) is 45.3 Å². The van der Waals surface area contributed by atoms with Crippen molar-refractivity contribution in [3.63, 3.8) is 0 Å². The molecule has 4 N–H and O–H groups in total. The Morgan fingerprint density at radius 1 is 1.07 bits per heavy atom. The van der Waals surface area contributed by atoms with Crippen LogP contribution in [0.3, 0.4) is 0 Å². The van der Waals surface area contributed by atoms with Crippen molar-refractivity contribution in [2.45, 2.75) is 0 Å². The maximum atomic E-state index is 10.5. The maximum Gasteiger partial charge on any atom is 0.245 e. The molecule has 0 aliphatic rings. The number of hydrazone groups is 1. The van der Waals surface area contributed by atoms with Crippen LogP contribution in [-0.2, 0) is 0 Å². The molecule has 2 aromatic heterocycles. The summed E-state index contributed by atoms with van der Waals surface area (Å²) in [5.41, 5.74) is 1.30. The summed E-state index contributed by atoms with van der Waals surface area (Å²) < 4.78 is 5.05. The fraction of sp³-hybridized carbons (Fsp3) is 0. The molecule has 0 aliphatic heterocycles. The van der Waals surface area contributed by atoms with E-state index < -0.39 is 0 Å². The molecule has 0 saturated heterocycles. The predicted octanol–water partition coefficient (Wildman–Crippen LogP) is 4.90. The number of rotatable bonds is 4. The number of nitrogens with one attached hydrogen (secondary N) is 1. The molecule has 0 radical (unpaired) electrons. The van der Waals surface area contributed by atoms with E-state index in [0.29, 0.717) is 25.2 Å². The van der Waals surface area contributed by atoms with Crippen molar-refractivity contribution in [1.29, 1.82) is 0 Å². The second kappa shape index (κ2) is 8.23. The van der Waals surface area contributed by atoms with Crippen molar-refractivity contribution in [3.05, 3.63) is 61.1 Å². The first kappa shape index (κ1) is 20.6. The lowest BCUT2D eigenvalue weighted by atomic mass is 10.1. The minimum Gasteiger partial charge on any atom is -0.506 e. The van der Waals surface area contributed by atoms with Gasteiger partial charge in [0.1, 0.15) is 17.2 Å². The highest BCUT2D eigenvalue weighted by Crippen LogP contribution is 2.35. The van der Waals surface area contributed by atoms with Gasteiger partial charge >= 0.3 is 0 Å². The highest BCUT2D eigenvalue weighted by atomic mass is 79.9. The number of hydrogen-bond acceptors (Lipinski definition) is 9. The second-order valence-electron chi connectivity index (χ2n) is 5.85. The van der Waals surface area contributed by atoms with Gasteiger partial charge in [-0.15, -0.1) is 0 Å². The van der Waals surface area contributed by atoms with Crippen molar-refractivity contribution < 1.29 is 9.74 Å². The third-order valence-corrected chi connectivity index (χ3v) is 5.50. The highest BCUT2D eigenvalue weighted by Gasteiger charge is 2.23. The number of halogens is 4. The Labute approximate surface area is 191 Å². The van der Waals surface area contributed by atoms with E-state index in [1.165, 1.54) is 12.1 Å². The number of aromatic hydroxyl groups is 1. The second-order valence-corrected chi connectivity index (χ2v) is 7.95. The van der Waals surface area contributed by atoms with Crippen LogP contribution in [0.15, 0.2) is 44.5 Å². The molecule has 30 heavy (non-hydrogen) atoms. The van der Waals surface area contributed by atoms with Crippen LogP contribution in [0.25, 0.3) is 11.3 Å². The zero-order chi connectivity index (χ0) is 21.4. The van der Waals surface area contributed by atoms with Crippen molar-refractivity contribution >= 4 is 79.2 Å². The van der Waals surface area contributed by atoms with Crippen LogP contribution in [0.2, 0.25) is 15.1 Å². The number of nitrogens with two attached hydrogens (primary N) is 1. The maximum absolute atomic E-state index is 10.5. The molecule has 0 fully saturated rings. The Bertz CT molecular complexity index is 1310. The third-order valence-electron chi connectivity index (χ3n) is 3.93. The molecule has 0 bridgehead atoms. The summed E-state index contributed by atoms with van der Waals surface area (Å²) in [6, 6.07) is 7.93. The topological polar surface area (TPSA) is 135 Å². The zero-order valence-electron chi connectivity index (χ0n) is 14.6. The molecule has 152 valence electrons. The van der Waals surface area contributed by atoms with Crippen LogP contribution < -0.4 is 11.2 Å². The summed E-state index contributed by atoms with van der Waals surface area (Å²) in [6.07, 6.45) is 0. The fourth-order valence-electron chi connectivity index (χ4n) is 2.61. The first-order valence-corrected chi connectivity index (χ1v) is 9.99. The number of phenolic OH excluding ortho intramolecular Hbond substituents is 1. The van der Waals surface area contributed by atoms with Gasteiger partial charge in [-0.2, -0.15) is 5.10 Å². The van der Waals surface area contributed by atoms with Crippen LogP contribution >= 0.6 is 50.7 Å². The first-order chi connectivity index (χ1) is 14.4. The van der Waals surface area contributed by atoms with E-state index in [2.05, 4.69) is 46.6 Å². The summed E-state index contributed by atoms with van der Waals surface area (Å²) in [7, 11) is 0. The predicted molar refractivity (Wildman–Crippen MR) is 118 cm³/mol. The number of nitrogens with zero attached hydrogens (tertiary/aromatic N) is 5. The van der Waals surface area contributed by atoms with Gasteiger partial charge in [0.25, 0.3) is 0 Å². The first-order valence-electron chi connectivity index (χ1n) is 8.06. The number of fused-ring (bicyclic) bond motifs is 1. The van der Waals surface area contributed by atoms with Gasteiger partial charge in [0.05, 0.1) is 14.5 Å². The molecule has 0 unspecified atom stereocenters. The van der Waals surface area contributed by atoms with E-state index in [1.807, 2.05) is 0 Å². The summed E-state index contributed by atoms with van der Waals surface area (Å²) in [5, 5.41) is 25.9. The van der Waals surface area contributed by atoms with E-state index in [-0.39, 0.29) is 39.8 Å². The number of hydrogen-bond donors (Lipinski definition) is 3. The normalized spacial score (nSPS) is 11.8. The SMILES string of the molecule is N/N=C(\c1cc(Cl)cc(Br)c1O)c1nc2nonc2nc1Nc1ccc(Cl)c(Cl)c1. The quantitative estimate of drug-likeness (QED) is 0.193. The molecule has 0 atom stereocenters. The Morgan fingerprint density at radius 2 is 1.80 bits per heavy atom. The van der Waals surface area contributed by atoms with E-state index >= 15 is 0 Å². The lowest BCUT2D eigenvalue weighted by molar-refractivity contribution is 0.314. The molecule has 0 amide bonds. The molecule has 9 nitrogen and oxygen atoms in total. The fourth-order valence-corrected chi connectivity index (χ4v) is 3.71. The molecule has 13 heteroatoms. The van der Waals surface area contributed by atoms with Gasteiger partial charge in [0.15, 0.2) is 5.82 Å². The molecule has 2 heterocycles. The van der Waals surface area contributed by atoms with E-state index in [0.717, 1.165) is 0 Å². The van der Waals surface area contributed by atoms with Crippen molar-refractivity contribution in [2.75, 3.05) is 5.32 Å². The van der Waals surface area contributed by atoms with Gasteiger partial charge < -0.3 is 16.3 Å². The summed E-state index contributed by atoms with van der Waals surface area (Å²) in [4.78, 5) is 8.76. The minimum atomic E-state index is -0.135. The van der Waals surface area contributed by atoms with Crippen molar-refractivity contribution in [3.8, 4) is 5.75 Å². The lowest BCUT2D eigenvalue weighted by Crippen LogP contribution is -2.14. The van der Waals surface area contributed by atoms with Crippen LogP contribution in [0.5, 0.6) is 5.75 Å². The Kier molecular flexibility index (Phi) is 5.65. The number of benzene rings is 2. The molecule has 2 aromatic carbocycles. The van der Waals surface area contributed by atoms with Gasteiger partial charge in [-0.3, -0.25) is 0 Å². The lowest BCUT2D eigenvalue weighted by Gasteiger charge is -2.14. The van der Waals surface area contributed by atoms with Gasteiger partial charge in [0, 0.05) is 16.3 Å². The number of phenols is 1. The summed E-state index contributed by atoms with van der Waals surface area (Å²) >= 11 is 21.5. The Hall–Kier alpha value is -2.66. The van der Waals surface area contributed by atoms with Crippen molar-refractivity contribution in [1.82, 2.24) is 20.3 Å². The summed E-state index contributed by atoms with van der Waals surface area (Å²) in [5.74, 6) is 5.73. The van der Waals surface area contributed by atoms with Gasteiger partial charge in [-0.05, 0) is 56.6 Å². The molecule has 0 spiro atoms. The smallest absolute Gasteiger partial charge is 0.245 e. The monoisotopic (exact) mass is 527 g/mol. The van der Waals surface area contributed by atoms with Gasteiger partial charge in [-0.1, -0.05) is 34.8 Å². The molecule has 4 aromatic rings. The van der Waals surface area contributed by atoms with Crippen molar-refractivity contribution in [2.24, 2.45) is 10.9 Å². The van der Waals surface area contributed by atoms with Crippen LogP contribution in [0.4, 0.5) is 11.5 Å². The van der Waals surface area contributed by atoms with Crippen LogP contribution in [0, 0.1) is 0 Å². The molecule has 4 rings (SSSR count). The third kappa shape index (κ3) is 3.86. The van der Waals surface area contributed by atoms with Gasteiger partial charge in [-0.25, -0.2) is 14.6 Å². The zero-order valence-corrected chi connectivity index (χ0v) is 18.4. The Balaban J connectivity index is 1.90. The van der Waals surface area contributed by atoms with Gasteiger partial charge in [0.2, 0.25) is 11.3 Å². The van der Waals surface area contributed by atoms with E-state index in [9.17, 15) is 5.11 Å². The minimum absolute atomic E-state index is 0.0932. The van der Waals surface area contributed by atoms with Crippen LogP contribution in [0.1, 0.15) is 11.3 Å². The average Bonchev–Trinajstić information content (AvgIpc) is 3.16. The standard InChI is InChI=1S/C17H9BrCl3N7O2/c18-9-4-6(19)3-8(14(9)29)12(26-22)13-15(25-17-16(24-13)27-30-28-17)23-7-1-2-10(20)11(21)5-7/h1-5,29H,22H2,(H,23,25,28)/b26-12+. The van der Waals surface area contributed by atoms with E-state index in [1.54, 1.807) is 18.2 Å². The number of aromatic nitrogens is 4. The largest absolute Gasteiger partial charge is 0.506 e. The summed E-state index contributed by atoms with van der Waals surface area (Å²) in [6.45, 7) is 0. The van der Waals surface area contributed by atoms with Crippen LogP contribution in [-0.4, -0.2) is 31.1 Å². The Morgan fingerprint density at radius 3 is 2.50 bits per heavy atom. The molecular formula is C17H9BrCl3N7O2. The highest BCUT2D eigenvalue weighted by molar-refractivity contribution is 9.10. The number of anilines is 2. The average molecular weight is 530 g/mol. The molecule has 0 aliphatic carbocycles. The molecular weight excluding hydrogens is 520 g/mol.